The molecule has 2 fully saturated rings. The van der Waals surface area contributed by atoms with Gasteiger partial charge in [0.15, 0.2) is 0 Å². The Balaban J connectivity index is 2.19. The topological polar surface area (TPSA) is 76.1 Å². The fourth-order valence-corrected chi connectivity index (χ4v) is 4.53. The number of hydrogen-bond acceptors (Lipinski definition) is 5. The average Bonchev–Trinajstić information content (AvgIpc) is 2.75. The highest BCUT2D eigenvalue weighted by atomic mass is 32.2. The van der Waals surface area contributed by atoms with Crippen molar-refractivity contribution in [2.75, 3.05) is 45.7 Å². The maximum atomic E-state index is 12.4. The summed E-state index contributed by atoms with van der Waals surface area (Å²) in [5, 5.41) is 0. The van der Waals surface area contributed by atoms with Crippen LogP contribution in [-0.2, 0) is 24.3 Å². The second kappa shape index (κ2) is 6.60. The van der Waals surface area contributed by atoms with Crippen LogP contribution in [-0.4, -0.2) is 81.4 Å². The molecule has 0 aromatic carbocycles. The number of ether oxygens (including phenoxy) is 2. The van der Waals surface area contributed by atoms with Crippen molar-refractivity contribution in [3.05, 3.63) is 0 Å². The van der Waals surface area contributed by atoms with Crippen LogP contribution in [0.4, 0.5) is 0 Å². The van der Waals surface area contributed by atoms with E-state index in [1.165, 1.54) is 11.4 Å². The third kappa shape index (κ3) is 3.74. The maximum Gasteiger partial charge on any atom is 0.248 e. The van der Waals surface area contributed by atoms with Gasteiger partial charge >= 0.3 is 0 Å². The molecule has 0 N–H and O–H groups in total. The molecule has 2 aliphatic heterocycles. The van der Waals surface area contributed by atoms with Crippen LogP contribution in [0.25, 0.3) is 0 Å². The lowest BCUT2D eigenvalue weighted by molar-refractivity contribution is -0.134. The lowest BCUT2D eigenvalue weighted by Crippen LogP contribution is -2.47. The number of likely N-dealkylation sites (tertiary alicyclic amines) is 1. The Bertz CT molecular complexity index is 479. The lowest BCUT2D eigenvalue weighted by Gasteiger charge is -2.29. The van der Waals surface area contributed by atoms with Gasteiger partial charge in [-0.1, -0.05) is 13.8 Å². The van der Waals surface area contributed by atoms with E-state index in [9.17, 15) is 13.2 Å². The fraction of sp³-hybridized carbons (Fsp3) is 0.923. The first-order chi connectivity index (χ1) is 9.85. The maximum absolute atomic E-state index is 12.4. The van der Waals surface area contributed by atoms with Crippen molar-refractivity contribution >= 4 is 15.9 Å². The molecule has 2 atom stereocenters. The SMILES string of the molecule is COCC(=O)N1C[C@@H]2OCCS(=O)(=O)N(CC(C)C)[C@@H]2C1. The monoisotopic (exact) mass is 320 g/mol. The molecule has 2 aliphatic rings. The minimum Gasteiger partial charge on any atom is -0.375 e. The van der Waals surface area contributed by atoms with Crippen molar-refractivity contribution in [2.24, 2.45) is 5.92 Å². The van der Waals surface area contributed by atoms with Gasteiger partial charge in [-0.05, 0) is 5.92 Å². The Morgan fingerprint density at radius 3 is 2.71 bits per heavy atom. The van der Waals surface area contributed by atoms with E-state index in [0.29, 0.717) is 19.6 Å². The van der Waals surface area contributed by atoms with Gasteiger partial charge in [-0.15, -0.1) is 0 Å². The van der Waals surface area contributed by atoms with Crippen LogP contribution in [0.15, 0.2) is 0 Å². The Hall–Kier alpha value is -0.700. The molecule has 0 spiro atoms. The summed E-state index contributed by atoms with van der Waals surface area (Å²) >= 11 is 0. The summed E-state index contributed by atoms with van der Waals surface area (Å²) in [5.74, 6) is 0.108. The first kappa shape index (κ1) is 16.7. The normalized spacial score (nSPS) is 29.4. The third-order valence-electron chi connectivity index (χ3n) is 3.80. The van der Waals surface area contributed by atoms with Crippen molar-refractivity contribution in [2.45, 2.75) is 26.0 Å². The van der Waals surface area contributed by atoms with Crippen molar-refractivity contribution in [1.29, 1.82) is 0 Å². The van der Waals surface area contributed by atoms with Gasteiger partial charge in [0.2, 0.25) is 15.9 Å². The van der Waals surface area contributed by atoms with E-state index in [0.717, 1.165) is 0 Å². The molecule has 0 bridgehead atoms. The predicted molar refractivity (Wildman–Crippen MR) is 77.3 cm³/mol. The van der Waals surface area contributed by atoms with Crippen LogP contribution in [0.5, 0.6) is 0 Å². The third-order valence-corrected chi connectivity index (χ3v) is 5.62. The van der Waals surface area contributed by atoms with Crippen molar-refractivity contribution in [1.82, 2.24) is 9.21 Å². The summed E-state index contributed by atoms with van der Waals surface area (Å²) in [7, 11) is -1.86. The van der Waals surface area contributed by atoms with Gasteiger partial charge in [0.25, 0.3) is 0 Å². The number of amides is 1. The quantitative estimate of drug-likeness (QED) is 0.700. The zero-order valence-corrected chi connectivity index (χ0v) is 13.6. The second-order valence-corrected chi connectivity index (χ2v) is 8.03. The number of nitrogens with zero attached hydrogens (tertiary/aromatic N) is 2. The smallest absolute Gasteiger partial charge is 0.248 e. The van der Waals surface area contributed by atoms with E-state index in [2.05, 4.69) is 0 Å². The van der Waals surface area contributed by atoms with Crippen molar-refractivity contribution in [3.63, 3.8) is 0 Å². The van der Waals surface area contributed by atoms with E-state index in [1.807, 2.05) is 13.8 Å². The molecular formula is C13H24N2O5S. The van der Waals surface area contributed by atoms with Gasteiger partial charge in [-0.3, -0.25) is 4.79 Å². The van der Waals surface area contributed by atoms with Crippen LogP contribution in [0.2, 0.25) is 0 Å². The zero-order chi connectivity index (χ0) is 15.6. The van der Waals surface area contributed by atoms with E-state index in [4.69, 9.17) is 9.47 Å². The summed E-state index contributed by atoms with van der Waals surface area (Å²) in [6.45, 7) is 5.42. The number of sulfonamides is 1. The second-order valence-electron chi connectivity index (χ2n) is 5.99. The Morgan fingerprint density at radius 1 is 1.38 bits per heavy atom. The van der Waals surface area contributed by atoms with Gasteiger partial charge < -0.3 is 14.4 Å². The van der Waals surface area contributed by atoms with E-state index in [-0.39, 0.29) is 42.9 Å². The van der Waals surface area contributed by atoms with Crippen LogP contribution in [0.1, 0.15) is 13.8 Å². The highest BCUT2D eigenvalue weighted by molar-refractivity contribution is 7.89. The Labute approximate surface area is 126 Å². The van der Waals surface area contributed by atoms with Gasteiger partial charge in [0.05, 0.1) is 24.5 Å². The molecule has 8 heteroatoms. The minimum atomic E-state index is -3.33. The molecule has 0 aromatic rings. The predicted octanol–water partition coefficient (Wildman–Crippen LogP) is -0.470. The van der Waals surface area contributed by atoms with Crippen molar-refractivity contribution < 1.29 is 22.7 Å². The molecule has 0 radical (unpaired) electrons. The highest BCUT2D eigenvalue weighted by Crippen LogP contribution is 2.26. The molecule has 122 valence electrons. The number of fused-ring (bicyclic) bond motifs is 1. The van der Waals surface area contributed by atoms with Gasteiger partial charge in [-0.25, -0.2) is 8.42 Å². The fourth-order valence-electron chi connectivity index (χ4n) is 2.85. The van der Waals surface area contributed by atoms with Gasteiger partial charge in [0, 0.05) is 26.7 Å². The summed E-state index contributed by atoms with van der Waals surface area (Å²) in [6, 6.07) is -0.291. The average molecular weight is 320 g/mol. The summed E-state index contributed by atoms with van der Waals surface area (Å²) < 4.78 is 36.9. The molecule has 1 amide bonds. The molecular weight excluding hydrogens is 296 g/mol. The van der Waals surface area contributed by atoms with E-state index < -0.39 is 10.0 Å². The first-order valence-electron chi connectivity index (χ1n) is 7.23. The number of rotatable bonds is 4. The summed E-state index contributed by atoms with van der Waals surface area (Å²) in [6.07, 6.45) is -0.248. The minimum absolute atomic E-state index is 0.0103. The molecule has 0 aromatic heterocycles. The summed E-state index contributed by atoms with van der Waals surface area (Å²) in [5.41, 5.74) is 0. The number of carbonyl (C=O) groups is 1. The molecule has 0 aliphatic carbocycles. The van der Waals surface area contributed by atoms with Gasteiger partial charge in [-0.2, -0.15) is 4.31 Å². The molecule has 0 unspecified atom stereocenters. The van der Waals surface area contributed by atoms with Gasteiger partial charge in [0.1, 0.15) is 6.61 Å². The number of hydrogen-bond donors (Lipinski definition) is 0. The van der Waals surface area contributed by atoms with Crippen molar-refractivity contribution in [3.8, 4) is 0 Å². The van der Waals surface area contributed by atoms with Crippen LogP contribution in [0, 0.1) is 5.92 Å². The summed E-state index contributed by atoms with van der Waals surface area (Å²) in [4.78, 5) is 13.6. The molecule has 7 nitrogen and oxygen atoms in total. The van der Waals surface area contributed by atoms with E-state index in [1.54, 1.807) is 4.90 Å². The molecule has 0 saturated carbocycles. The Morgan fingerprint density at radius 2 is 2.10 bits per heavy atom. The lowest BCUT2D eigenvalue weighted by atomic mass is 10.1. The molecule has 2 rings (SSSR count). The van der Waals surface area contributed by atoms with Crippen LogP contribution < -0.4 is 0 Å². The molecule has 2 saturated heterocycles. The molecule has 2 heterocycles. The highest BCUT2D eigenvalue weighted by Gasteiger charge is 2.45. The number of carbonyl (C=O) groups excluding carboxylic acids is 1. The van der Waals surface area contributed by atoms with Crippen LogP contribution in [0.3, 0.4) is 0 Å². The zero-order valence-electron chi connectivity index (χ0n) is 12.8. The van der Waals surface area contributed by atoms with E-state index >= 15 is 0 Å². The number of methoxy groups -OCH3 is 1. The standard InChI is InChI=1S/C13H24N2O5S/c1-10(2)6-15-11-7-14(13(16)9-19-3)8-12(11)20-4-5-21(15,17)18/h10-12H,4-9H2,1-3H3/t11-,12+/m1/s1. The Kier molecular flexibility index (Phi) is 5.24. The largest absolute Gasteiger partial charge is 0.375 e. The van der Waals surface area contributed by atoms with Crippen LogP contribution >= 0.6 is 0 Å². The first-order valence-corrected chi connectivity index (χ1v) is 8.84. The molecule has 21 heavy (non-hydrogen) atoms.